The first-order valence-electron chi connectivity index (χ1n) is 7.37. The van der Waals surface area contributed by atoms with Crippen LogP contribution in [0.15, 0.2) is 59.1 Å². The number of ketones is 1. The number of Topliss-reactive ketones (excluding diaryl/α,β-unsaturated/α-hetero) is 1. The number of carbonyl (C=O) groups excluding carboxylic acids is 2. The standard InChI is InChI=1S/C19H14BrNO3/c1-12-9-16(15-7-2-3-8-17(15)21-12)19(23)24-11-18(22)13-5-4-6-14(20)10-13/h2-10H,11H2,1H3. The summed E-state index contributed by atoms with van der Waals surface area (Å²) in [5.74, 6) is -0.778. The Hall–Kier alpha value is -2.53. The van der Waals surface area contributed by atoms with E-state index >= 15 is 0 Å². The van der Waals surface area contributed by atoms with Gasteiger partial charge in [-0.2, -0.15) is 0 Å². The molecule has 0 unspecified atom stereocenters. The Bertz CT molecular complexity index is 937. The summed E-state index contributed by atoms with van der Waals surface area (Å²) in [6.07, 6.45) is 0. The minimum atomic E-state index is -0.528. The van der Waals surface area contributed by atoms with Crippen molar-refractivity contribution < 1.29 is 14.3 Å². The predicted octanol–water partition coefficient (Wildman–Crippen LogP) is 4.35. The van der Waals surface area contributed by atoms with Crippen LogP contribution >= 0.6 is 15.9 Å². The molecular formula is C19H14BrNO3. The first-order valence-corrected chi connectivity index (χ1v) is 8.16. The van der Waals surface area contributed by atoms with Crippen molar-refractivity contribution in [1.82, 2.24) is 4.98 Å². The molecule has 0 N–H and O–H groups in total. The lowest BCUT2D eigenvalue weighted by molar-refractivity contribution is 0.0476. The topological polar surface area (TPSA) is 56.3 Å². The van der Waals surface area contributed by atoms with E-state index in [0.717, 1.165) is 15.7 Å². The van der Waals surface area contributed by atoms with Crippen molar-refractivity contribution >= 4 is 38.6 Å². The van der Waals surface area contributed by atoms with Crippen LogP contribution in [0.3, 0.4) is 0 Å². The van der Waals surface area contributed by atoms with E-state index in [2.05, 4.69) is 20.9 Å². The molecule has 3 aromatic rings. The van der Waals surface area contributed by atoms with Gasteiger partial charge in [0.1, 0.15) is 0 Å². The predicted molar refractivity (Wildman–Crippen MR) is 95.2 cm³/mol. The van der Waals surface area contributed by atoms with Crippen molar-refractivity contribution in [2.45, 2.75) is 6.92 Å². The number of aromatic nitrogens is 1. The summed E-state index contributed by atoms with van der Waals surface area (Å²) in [5, 5.41) is 0.711. The maximum absolute atomic E-state index is 12.4. The SMILES string of the molecule is Cc1cc(C(=O)OCC(=O)c2cccc(Br)c2)c2ccccc2n1. The number of halogens is 1. The highest BCUT2D eigenvalue weighted by molar-refractivity contribution is 9.10. The lowest BCUT2D eigenvalue weighted by Gasteiger charge is -2.08. The maximum Gasteiger partial charge on any atom is 0.339 e. The number of pyridine rings is 1. The van der Waals surface area contributed by atoms with E-state index in [1.807, 2.05) is 37.3 Å². The summed E-state index contributed by atoms with van der Waals surface area (Å²) in [7, 11) is 0. The third-order valence-electron chi connectivity index (χ3n) is 3.55. The number of benzene rings is 2. The van der Waals surface area contributed by atoms with E-state index in [1.54, 1.807) is 24.3 Å². The van der Waals surface area contributed by atoms with Crippen molar-refractivity contribution in [3.63, 3.8) is 0 Å². The Morgan fingerprint density at radius 1 is 1.08 bits per heavy atom. The van der Waals surface area contributed by atoms with E-state index in [0.29, 0.717) is 16.5 Å². The van der Waals surface area contributed by atoms with Crippen molar-refractivity contribution in [3.05, 3.63) is 75.9 Å². The molecule has 0 spiro atoms. The second-order valence-corrected chi connectivity index (χ2v) is 6.25. The molecule has 24 heavy (non-hydrogen) atoms. The Balaban J connectivity index is 1.80. The highest BCUT2D eigenvalue weighted by atomic mass is 79.9. The van der Waals surface area contributed by atoms with E-state index in [9.17, 15) is 9.59 Å². The van der Waals surface area contributed by atoms with Gasteiger partial charge >= 0.3 is 5.97 Å². The van der Waals surface area contributed by atoms with Crippen LogP contribution in [0.5, 0.6) is 0 Å². The molecule has 0 saturated carbocycles. The van der Waals surface area contributed by atoms with Gasteiger partial charge in [0.05, 0.1) is 11.1 Å². The molecule has 3 rings (SSSR count). The Morgan fingerprint density at radius 2 is 1.88 bits per heavy atom. The van der Waals surface area contributed by atoms with Crippen LogP contribution in [-0.4, -0.2) is 23.3 Å². The summed E-state index contributed by atoms with van der Waals surface area (Å²) in [5.41, 5.74) is 2.36. The van der Waals surface area contributed by atoms with E-state index in [4.69, 9.17) is 4.74 Å². The lowest BCUT2D eigenvalue weighted by Crippen LogP contribution is -2.15. The molecule has 0 aliphatic heterocycles. The van der Waals surface area contributed by atoms with Crippen LogP contribution in [0.1, 0.15) is 26.4 Å². The number of fused-ring (bicyclic) bond motifs is 1. The minimum Gasteiger partial charge on any atom is -0.454 e. The van der Waals surface area contributed by atoms with Gasteiger partial charge in [-0.3, -0.25) is 9.78 Å². The van der Waals surface area contributed by atoms with Crippen molar-refractivity contribution in [2.75, 3.05) is 6.61 Å². The van der Waals surface area contributed by atoms with Crippen LogP contribution in [0.25, 0.3) is 10.9 Å². The first kappa shape index (κ1) is 16.3. The van der Waals surface area contributed by atoms with Crippen LogP contribution < -0.4 is 0 Å². The fourth-order valence-electron chi connectivity index (χ4n) is 2.43. The number of carbonyl (C=O) groups is 2. The smallest absolute Gasteiger partial charge is 0.339 e. The number of ether oxygens (including phenoxy) is 1. The molecule has 1 heterocycles. The molecule has 120 valence electrons. The molecule has 0 bridgehead atoms. The number of hydrogen-bond acceptors (Lipinski definition) is 4. The van der Waals surface area contributed by atoms with Gasteiger partial charge in [-0.1, -0.05) is 46.3 Å². The number of para-hydroxylation sites is 1. The molecule has 0 atom stereocenters. The average Bonchev–Trinajstić information content (AvgIpc) is 2.58. The molecule has 0 radical (unpaired) electrons. The Labute approximate surface area is 147 Å². The number of aryl methyl sites for hydroxylation is 1. The molecule has 2 aromatic carbocycles. The van der Waals surface area contributed by atoms with Gasteiger partial charge in [0.15, 0.2) is 12.4 Å². The van der Waals surface area contributed by atoms with Gasteiger partial charge < -0.3 is 4.74 Å². The number of hydrogen-bond donors (Lipinski definition) is 0. The largest absolute Gasteiger partial charge is 0.454 e. The van der Waals surface area contributed by atoms with Gasteiger partial charge in [0.25, 0.3) is 0 Å². The van der Waals surface area contributed by atoms with Gasteiger partial charge in [-0.05, 0) is 31.2 Å². The normalized spacial score (nSPS) is 10.6. The number of rotatable bonds is 4. The maximum atomic E-state index is 12.4. The number of nitrogens with zero attached hydrogens (tertiary/aromatic N) is 1. The fourth-order valence-corrected chi connectivity index (χ4v) is 2.83. The van der Waals surface area contributed by atoms with Crippen molar-refractivity contribution in [3.8, 4) is 0 Å². The molecule has 0 amide bonds. The third-order valence-corrected chi connectivity index (χ3v) is 4.04. The Morgan fingerprint density at radius 3 is 2.67 bits per heavy atom. The second kappa shape index (κ2) is 6.93. The summed E-state index contributed by atoms with van der Waals surface area (Å²) in [4.78, 5) is 28.9. The van der Waals surface area contributed by atoms with Crippen LogP contribution in [0, 0.1) is 6.92 Å². The van der Waals surface area contributed by atoms with E-state index in [-0.39, 0.29) is 12.4 Å². The van der Waals surface area contributed by atoms with Crippen molar-refractivity contribution in [1.29, 1.82) is 0 Å². The van der Waals surface area contributed by atoms with Crippen LogP contribution in [0.4, 0.5) is 0 Å². The van der Waals surface area contributed by atoms with Crippen LogP contribution in [-0.2, 0) is 4.74 Å². The zero-order valence-electron chi connectivity index (χ0n) is 13.0. The van der Waals surface area contributed by atoms with E-state index in [1.165, 1.54) is 0 Å². The summed E-state index contributed by atoms with van der Waals surface area (Å²) >= 11 is 3.32. The fraction of sp³-hybridized carbons (Fsp3) is 0.105. The molecule has 0 aliphatic rings. The quantitative estimate of drug-likeness (QED) is 0.496. The average molecular weight is 384 g/mol. The summed E-state index contributed by atoms with van der Waals surface area (Å²) in [6, 6.07) is 16.0. The van der Waals surface area contributed by atoms with E-state index < -0.39 is 5.97 Å². The molecule has 0 saturated heterocycles. The molecular weight excluding hydrogens is 370 g/mol. The molecule has 1 aromatic heterocycles. The first-order chi connectivity index (χ1) is 11.5. The molecule has 4 nitrogen and oxygen atoms in total. The number of esters is 1. The van der Waals surface area contributed by atoms with Gasteiger partial charge in [-0.25, -0.2) is 4.79 Å². The molecule has 0 fully saturated rings. The minimum absolute atomic E-state index is 0.250. The molecule has 5 heteroatoms. The van der Waals surface area contributed by atoms with Gasteiger partial charge in [0.2, 0.25) is 0 Å². The van der Waals surface area contributed by atoms with Gasteiger partial charge in [-0.15, -0.1) is 0 Å². The highest BCUT2D eigenvalue weighted by Gasteiger charge is 2.15. The zero-order valence-corrected chi connectivity index (χ0v) is 14.5. The summed E-state index contributed by atoms with van der Waals surface area (Å²) in [6.45, 7) is 1.51. The Kier molecular flexibility index (Phi) is 4.71. The lowest BCUT2D eigenvalue weighted by atomic mass is 10.1. The second-order valence-electron chi connectivity index (χ2n) is 5.34. The van der Waals surface area contributed by atoms with Crippen molar-refractivity contribution in [2.24, 2.45) is 0 Å². The monoisotopic (exact) mass is 383 g/mol. The zero-order chi connectivity index (χ0) is 17.1. The highest BCUT2D eigenvalue weighted by Crippen LogP contribution is 2.19. The third kappa shape index (κ3) is 3.51. The van der Waals surface area contributed by atoms with Crippen LogP contribution in [0.2, 0.25) is 0 Å². The summed E-state index contributed by atoms with van der Waals surface area (Å²) < 4.78 is 6.02. The molecule has 0 aliphatic carbocycles. The van der Waals surface area contributed by atoms with Gasteiger partial charge in [0, 0.05) is 21.1 Å².